The molecule has 0 saturated carbocycles. The molecule has 0 fully saturated rings. The first-order valence-electron chi connectivity index (χ1n) is 12.3. The van der Waals surface area contributed by atoms with Crippen molar-refractivity contribution in [1.29, 1.82) is 0 Å². The molecule has 2 aromatic heterocycles. The molecule has 0 saturated heterocycles. The van der Waals surface area contributed by atoms with Gasteiger partial charge in [0.15, 0.2) is 9.84 Å². The summed E-state index contributed by atoms with van der Waals surface area (Å²) in [6, 6.07) is 16.4. The van der Waals surface area contributed by atoms with Crippen LogP contribution in [0.5, 0.6) is 5.75 Å². The molecule has 42 heavy (non-hydrogen) atoms. The fourth-order valence-electron chi connectivity index (χ4n) is 4.35. The van der Waals surface area contributed by atoms with Gasteiger partial charge in [0.1, 0.15) is 17.3 Å². The van der Waals surface area contributed by atoms with Crippen LogP contribution in [0.15, 0.2) is 84.0 Å². The minimum absolute atomic E-state index is 0.105. The number of rotatable bonds is 7. The fourth-order valence-corrected chi connectivity index (χ4v) is 5.01. The van der Waals surface area contributed by atoms with Crippen molar-refractivity contribution >= 4 is 9.84 Å². The standard InChI is InChI=1S/C28H22F5N5O3S/c1-17-35-26(27(2,29)30)16-37(17)23-12-9-20(19-5-4-6-22(13-19)42(3,39)40)14-24(23)38-25(15-34-36-38)18-7-10-21(11-8-18)41-28(31,32)33/h4-16H,1-3H3. The van der Waals surface area contributed by atoms with E-state index in [0.29, 0.717) is 33.8 Å². The van der Waals surface area contributed by atoms with Gasteiger partial charge in [-0.25, -0.2) is 18.1 Å². The molecule has 14 heteroatoms. The molecule has 218 valence electrons. The predicted molar refractivity (Wildman–Crippen MR) is 143 cm³/mol. The maximum atomic E-state index is 14.1. The van der Waals surface area contributed by atoms with Crippen LogP contribution >= 0.6 is 0 Å². The summed E-state index contributed by atoms with van der Waals surface area (Å²) in [5.41, 5.74) is 2.24. The van der Waals surface area contributed by atoms with Crippen LogP contribution in [0.4, 0.5) is 22.0 Å². The van der Waals surface area contributed by atoms with Gasteiger partial charge in [-0.15, -0.1) is 18.3 Å². The third-order valence-corrected chi connectivity index (χ3v) is 7.43. The van der Waals surface area contributed by atoms with Gasteiger partial charge in [0.25, 0.3) is 5.92 Å². The molecular weight excluding hydrogens is 581 g/mol. The summed E-state index contributed by atoms with van der Waals surface area (Å²) in [6.45, 7) is 2.30. The molecule has 0 atom stereocenters. The third kappa shape index (κ3) is 6.03. The first kappa shape index (κ1) is 28.9. The SMILES string of the molecule is Cc1nc(C(C)(F)F)cn1-c1ccc(-c2cccc(S(C)(=O)=O)c2)cc1-n1nncc1-c1ccc(OC(F)(F)F)cc1. The highest BCUT2D eigenvalue weighted by Gasteiger charge is 2.31. The summed E-state index contributed by atoms with van der Waals surface area (Å²) >= 11 is 0. The van der Waals surface area contributed by atoms with E-state index in [1.165, 1.54) is 45.9 Å². The van der Waals surface area contributed by atoms with E-state index in [0.717, 1.165) is 25.3 Å². The van der Waals surface area contributed by atoms with E-state index < -0.39 is 33.6 Å². The Balaban J connectivity index is 1.69. The van der Waals surface area contributed by atoms with Crippen LogP contribution in [-0.2, 0) is 15.8 Å². The Kier molecular flexibility index (Phi) is 7.13. The zero-order chi connectivity index (χ0) is 30.4. The maximum absolute atomic E-state index is 14.1. The van der Waals surface area contributed by atoms with E-state index in [-0.39, 0.29) is 10.7 Å². The number of aryl methyl sites for hydroxylation is 1. The lowest BCUT2D eigenvalue weighted by atomic mass is 10.0. The zero-order valence-electron chi connectivity index (χ0n) is 22.3. The lowest BCUT2D eigenvalue weighted by molar-refractivity contribution is -0.274. The van der Waals surface area contributed by atoms with Gasteiger partial charge in [0, 0.05) is 24.9 Å². The van der Waals surface area contributed by atoms with Crippen LogP contribution in [0, 0.1) is 6.92 Å². The Morgan fingerprint density at radius 3 is 2.14 bits per heavy atom. The fraction of sp³-hybridized carbons (Fsp3) is 0.179. The largest absolute Gasteiger partial charge is 0.573 e. The smallest absolute Gasteiger partial charge is 0.406 e. The quantitative estimate of drug-likeness (QED) is 0.197. The molecule has 0 aliphatic carbocycles. The molecule has 3 aromatic carbocycles. The van der Waals surface area contributed by atoms with Crippen molar-refractivity contribution in [3.8, 4) is 39.5 Å². The van der Waals surface area contributed by atoms with Crippen molar-refractivity contribution in [1.82, 2.24) is 24.5 Å². The van der Waals surface area contributed by atoms with Gasteiger partial charge in [-0.05, 0) is 66.6 Å². The Morgan fingerprint density at radius 1 is 0.857 bits per heavy atom. The van der Waals surface area contributed by atoms with Gasteiger partial charge < -0.3 is 9.30 Å². The Labute approximate surface area is 236 Å². The number of hydrogen-bond donors (Lipinski definition) is 0. The van der Waals surface area contributed by atoms with Gasteiger partial charge in [-0.3, -0.25) is 0 Å². The maximum Gasteiger partial charge on any atom is 0.573 e. The predicted octanol–water partition coefficient (Wildman–Crippen LogP) is 6.51. The first-order chi connectivity index (χ1) is 19.6. The van der Waals surface area contributed by atoms with Crippen molar-refractivity contribution in [3.63, 3.8) is 0 Å². The van der Waals surface area contributed by atoms with Gasteiger partial charge >= 0.3 is 6.36 Å². The molecule has 8 nitrogen and oxygen atoms in total. The van der Waals surface area contributed by atoms with Crippen LogP contribution < -0.4 is 4.74 Å². The van der Waals surface area contributed by atoms with Gasteiger partial charge in [-0.2, -0.15) is 8.78 Å². The minimum Gasteiger partial charge on any atom is -0.406 e. The van der Waals surface area contributed by atoms with Crippen LogP contribution in [0.25, 0.3) is 33.8 Å². The molecule has 0 bridgehead atoms. The molecule has 0 aliphatic rings. The lowest BCUT2D eigenvalue weighted by Gasteiger charge is -2.16. The molecule has 0 unspecified atom stereocenters. The number of benzene rings is 3. The highest BCUT2D eigenvalue weighted by atomic mass is 32.2. The topological polar surface area (TPSA) is 91.9 Å². The normalized spacial score (nSPS) is 12.5. The second-order valence-electron chi connectivity index (χ2n) is 9.54. The molecule has 0 spiro atoms. The number of nitrogens with zero attached hydrogens (tertiary/aromatic N) is 5. The average molecular weight is 604 g/mol. The van der Waals surface area contributed by atoms with E-state index >= 15 is 0 Å². The Hall–Kier alpha value is -4.59. The summed E-state index contributed by atoms with van der Waals surface area (Å²) in [6.07, 6.45) is -1.16. The minimum atomic E-state index is -4.86. The van der Waals surface area contributed by atoms with E-state index in [1.807, 2.05) is 0 Å². The highest BCUT2D eigenvalue weighted by molar-refractivity contribution is 7.90. The third-order valence-electron chi connectivity index (χ3n) is 6.32. The molecule has 0 amide bonds. The summed E-state index contributed by atoms with van der Waals surface area (Å²) in [5, 5.41) is 8.17. The summed E-state index contributed by atoms with van der Waals surface area (Å²) in [4.78, 5) is 4.12. The van der Waals surface area contributed by atoms with Gasteiger partial charge in [-0.1, -0.05) is 23.4 Å². The highest BCUT2D eigenvalue weighted by Crippen LogP contribution is 2.34. The Bertz CT molecular complexity index is 1880. The van der Waals surface area contributed by atoms with E-state index in [4.69, 9.17) is 0 Å². The van der Waals surface area contributed by atoms with Gasteiger partial charge in [0.2, 0.25) is 0 Å². The monoisotopic (exact) mass is 603 g/mol. The Morgan fingerprint density at radius 2 is 1.52 bits per heavy atom. The molecule has 5 rings (SSSR count). The molecule has 0 radical (unpaired) electrons. The number of alkyl halides is 5. The van der Waals surface area contributed by atoms with Crippen molar-refractivity contribution in [2.45, 2.75) is 31.0 Å². The van der Waals surface area contributed by atoms with E-state index in [1.54, 1.807) is 37.3 Å². The van der Waals surface area contributed by atoms with E-state index in [9.17, 15) is 30.4 Å². The summed E-state index contributed by atoms with van der Waals surface area (Å²) < 4.78 is 97.4. The molecule has 5 aromatic rings. The van der Waals surface area contributed by atoms with Crippen LogP contribution in [0.1, 0.15) is 18.4 Å². The van der Waals surface area contributed by atoms with Crippen molar-refractivity contribution in [3.05, 3.63) is 90.6 Å². The number of ether oxygens (including phenoxy) is 1. The van der Waals surface area contributed by atoms with Crippen molar-refractivity contribution in [2.24, 2.45) is 0 Å². The summed E-state index contributed by atoms with van der Waals surface area (Å²) in [7, 11) is -3.50. The van der Waals surface area contributed by atoms with Gasteiger partial charge in [0.05, 0.1) is 28.2 Å². The number of aromatic nitrogens is 5. The number of sulfone groups is 1. The summed E-state index contributed by atoms with van der Waals surface area (Å²) in [5.74, 6) is -3.36. The lowest BCUT2D eigenvalue weighted by Crippen LogP contribution is -2.16. The molecule has 0 N–H and O–H groups in total. The number of imidazole rings is 1. The van der Waals surface area contributed by atoms with Crippen LogP contribution in [0.2, 0.25) is 0 Å². The van der Waals surface area contributed by atoms with Crippen molar-refractivity contribution in [2.75, 3.05) is 6.26 Å². The molecular formula is C28H22F5N5O3S. The zero-order valence-corrected chi connectivity index (χ0v) is 23.1. The number of hydrogen-bond acceptors (Lipinski definition) is 6. The first-order valence-corrected chi connectivity index (χ1v) is 14.2. The second-order valence-corrected chi connectivity index (χ2v) is 11.6. The van der Waals surface area contributed by atoms with Crippen LogP contribution in [0.3, 0.4) is 0 Å². The van der Waals surface area contributed by atoms with Crippen LogP contribution in [-0.4, -0.2) is 45.6 Å². The molecule has 2 heterocycles. The second kappa shape index (κ2) is 10.4. The van der Waals surface area contributed by atoms with Crippen molar-refractivity contribution < 1.29 is 35.1 Å². The van der Waals surface area contributed by atoms with E-state index in [2.05, 4.69) is 20.0 Å². The molecule has 0 aliphatic heterocycles. The average Bonchev–Trinajstić information content (AvgIpc) is 3.54. The number of halogens is 5.